The fourth-order valence-corrected chi connectivity index (χ4v) is 1.18. The van der Waals surface area contributed by atoms with Crippen molar-refractivity contribution in [1.82, 2.24) is 5.32 Å². The van der Waals surface area contributed by atoms with Gasteiger partial charge < -0.3 is 15.9 Å². The molecule has 0 aromatic carbocycles. The molecule has 6 heteroatoms. The summed E-state index contributed by atoms with van der Waals surface area (Å²) in [4.78, 5) is 20.9. The Morgan fingerprint density at radius 1 is 1.50 bits per heavy atom. The van der Waals surface area contributed by atoms with Crippen molar-refractivity contribution >= 4 is 11.9 Å². The van der Waals surface area contributed by atoms with E-state index in [1.165, 1.54) is 0 Å². The molecule has 0 saturated carbocycles. The van der Waals surface area contributed by atoms with E-state index in [-0.39, 0.29) is 13.0 Å². The first kappa shape index (κ1) is 8.95. The molecule has 0 radical (unpaired) electrons. The third-order valence-corrected chi connectivity index (χ3v) is 1.96. The molecule has 6 nitrogen and oxygen atoms in total. The van der Waals surface area contributed by atoms with Crippen LogP contribution in [0.4, 0.5) is 0 Å². The predicted molar refractivity (Wildman–Crippen MR) is 38.3 cm³/mol. The SMILES string of the molecule is N[C@]1(C(=O)O)C[C@H](C(=O)O)CN1. The highest BCUT2D eigenvalue weighted by atomic mass is 16.4. The summed E-state index contributed by atoms with van der Waals surface area (Å²) in [5.41, 5.74) is 3.79. The van der Waals surface area contributed by atoms with Crippen LogP contribution in [0.1, 0.15) is 6.42 Å². The van der Waals surface area contributed by atoms with Gasteiger partial charge in [0.1, 0.15) is 0 Å². The Morgan fingerprint density at radius 2 is 2.08 bits per heavy atom. The molecule has 12 heavy (non-hydrogen) atoms. The number of carboxylic acids is 2. The Bertz CT molecular complexity index is 230. The van der Waals surface area contributed by atoms with Gasteiger partial charge in [-0.15, -0.1) is 0 Å². The quantitative estimate of drug-likeness (QED) is 0.402. The third-order valence-electron chi connectivity index (χ3n) is 1.96. The lowest BCUT2D eigenvalue weighted by molar-refractivity contribution is -0.144. The molecular weight excluding hydrogens is 164 g/mol. The van der Waals surface area contributed by atoms with Crippen LogP contribution in [-0.4, -0.2) is 34.4 Å². The van der Waals surface area contributed by atoms with Gasteiger partial charge in [0, 0.05) is 13.0 Å². The van der Waals surface area contributed by atoms with Crippen LogP contribution in [-0.2, 0) is 9.59 Å². The zero-order valence-electron chi connectivity index (χ0n) is 6.28. The summed E-state index contributed by atoms with van der Waals surface area (Å²) in [5.74, 6) is -2.94. The molecule has 68 valence electrons. The summed E-state index contributed by atoms with van der Waals surface area (Å²) in [6.07, 6.45) is -0.0718. The van der Waals surface area contributed by atoms with E-state index in [1.54, 1.807) is 0 Å². The third kappa shape index (κ3) is 1.39. The minimum atomic E-state index is -1.57. The van der Waals surface area contributed by atoms with E-state index in [1.807, 2.05) is 0 Å². The van der Waals surface area contributed by atoms with E-state index in [0.29, 0.717) is 0 Å². The zero-order valence-corrected chi connectivity index (χ0v) is 6.28. The maximum absolute atomic E-state index is 10.5. The molecule has 0 spiro atoms. The molecule has 1 heterocycles. The topological polar surface area (TPSA) is 113 Å². The number of nitrogens with two attached hydrogens (primary N) is 1. The van der Waals surface area contributed by atoms with Crippen LogP contribution in [0.5, 0.6) is 0 Å². The molecule has 0 unspecified atom stereocenters. The molecule has 1 fully saturated rings. The van der Waals surface area contributed by atoms with Crippen molar-refractivity contribution < 1.29 is 19.8 Å². The summed E-state index contributed by atoms with van der Waals surface area (Å²) in [6.45, 7) is 0.109. The minimum Gasteiger partial charge on any atom is -0.481 e. The predicted octanol–water partition coefficient (Wildman–Crippen LogP) is -1.58. The molecule has 1 saturated heterocycles. The van der Waals surface area contributed by atoms with Crippen LogP contribution in [0, 0.1) is 5.92 Å². The van der Waals surface area contributed by atoms with Crippen LogP contribution in [0.15, 0.2) is 0 Å². The molecule has 5 N–H and O–H groups in total. The first-order chi connectivity index (χ1) is 5.46. The van der Waals surface area contributed by atoms with Crippen LogP contribution in [0.25, 0.3) is 0 Å². The van der Waals surface area contributed by atoms with E-state index in [9.17, 15) is 9.59 Å². The summed E-state index contributed by atoms with van der Waals surface area (Å²) >= 11 is 0. The highest BCUT2D eigenvalue weighted by molar-refractivity contribution is 5.81. The Kier molecular flexibility index (Phi) is 2.03. The lowest BCUT2D eigenvalue weighted by Crippen LogP contribution is -2.55. The van der Waals surface area contributed by atoms with Crippen LogP contribution < -0.4 is 11.1 Å². The first-order valence-electron chi connectivity index (χ1n) is 3.46. The van der Waals surface area contributed by atoms with Crippen molar-refractivity contribution in [2.45, 2.75) is 12.1 Å². The van der Waals surface area contributed by atoms with Gasteiger partial charge in [0.05, 0.1) is 5.92 Å². The second-order valence-electron chi connectivity index (χ2n) is 2.90. The standard InChI is InChI=1S/C6H10N2O4/c7-6(5(11)12)1-3(2-8-6)4(9)10/h3,8H,1-2,7H2,(H,9,10)(H,11,12)/t3-,6+/m0/s1. The number of carboxylic acid groups (broad SMARTS) is 2. The van der Waals surface area contributed by atoms with Gasteiger partial charge in [0.25, 0.3) is 0 Å². The summed E-state index contributed by atoms with van der Waals surface area (Å²) in [6, 6.07) is 0. The lowest BCUT2D eigenvalue weighted by Gasteiger charge is -2.17. The average Bonchev–Trinajstić information content (AvgIpc) is 2.33. The monoisotopic (exact) mass is 174 g/mol. The number of carbonyl (C=O) groups is 2. The van der Waals surface area contributed by atoms with Crippen LogP contribution >= 0.6 is 0 Å². The summed E-state index contributed by atoms with van der Waals surface area (Å²) in [5, 5.41) is 19.6. The molecule has 0 bridgehead atoms. The van der Waals surface area contributed by atoms with E-state index < -0.39 is 23.5 Å². The Hall–Kier alpha value is -1.14. The van der Waals surface area contributed by atoms with Crippen molar-refractivity contribution in [3.8, 4) is 0 Å². The van der Waals surface area contributed by atoms with Gasteiger partial charge in [-0.3, -0.25) is 10.1 Å². The second kappa shape index (κ2) is 2.72. The molecule has 0 aliphatic carbocycles. The second-order valence-corrected chi connectivity index (χ2v) is 2.90. The number of rotatable bonds is 2. The number of hydrogen-bond acceptors (Lipinski definition) is 4. The maximum Gasteiger partial charge on any atom is 0.338 e. The maximum atomic E-state index is 10.5. The average molecular weight is 174 g/mol. The summed E-state index contributed by atoms with van der Waals surface area (Å²) < 4.78 is 0. The largest absolute Gasteiger partial charge is 0.481 e. The van der Waals surface area contributed by atoms with Crippen LogP contribution in [0.2, 0.25) is 0 Å². The zero-order chi connectivity index (χ0) is 9.35. The molecule has 1 rings (SSSR count). The van der Waals surface area contributed by atoms with Gasteiger partial charge in [-0.2, -0.15) is 0 Å². The fourth-order valence-electron chi connectivity index (χ4n) is 1.18. The van der Waals surface area contributed by atoms with Crippen molar-refractivity contribution in [2.75, 3.05) is 6.54 Å². The highest BCUT2D eigenvalue weighted by Crippen LogP contribution is 2.19. The Labute approximate surface area is 68.4 Å². The molecular formula is C6H10N2O4. The Balaban J connectivity index is 2.67. The first-order valence-corrected chi connectivity index (χ1v) is 3.46. The normalized spacial score (nSPS) is 34.9. The minimum absolute atomic E-state index is 0.0718. The smallest absolute Gasteiger partial charge is 0.338 e. The van der Waals surface area contributed by atoms with Crippen molar-refractivity contribution in [3.05, 3.63) is 0 Å². The van der Waals surface area contributed by atoms with E-state index in [0.717, 1.165) is 0 Å². The highest BCUT2D eigenvalue weighted by Gasteiger charge is 2.44. The lowest BCUT2D eigenvalue weighted by atomic mass is 10.0. The van der Waals surface area contributed by atoms with Crippen molar-refractivity contribution in [2.24, 2.45) is 11.7 Å². The van der Waals surface area contributed by atoms with Crippen LogP contribution in [0.3, 0.4) is 0 Å². The number of nitrogens with one attached hydrogen (secondary N) is 1. The number of hydrogen-bond donors (Lipinski definition) is 4. The summed E-state index contributed by atoms with van der Waals surface area (Å²) in [7, 11) is 0. The van der Waals surface area contributed by atoms with E-state index >= 15 is 0 Å². The van der Waals surface area contributed by atoms with E-state index in [2.05, 4.69) is 5.32 Å². The molecule has 0 aromatic heterocycles. The molecule has 0 aromatic rings. The van der Waals surface area contributed by atoms with E-state index in [4.69, 9.17) is 15.9 Å². The van der Waals surface area contributed by atoms with Gasteiger partial charge in [0.2, 0.25) is 0 Å². The molecule has 1 aliphatic rings. The fraction of sp³-hybridized carbons (Fsp3) is 0.667. The molecule has 1 aliphatic heterocycles. The van der Waals surface area contributed by atoms with Crippen molar-refractivity contribution in [3.63, 3.8) is 0 Å². The molecule has 0 amide bonds. The van der Waals surface area contributed by atoms with Gasteiger partial charge in [0.15, 0.2) is 5.66 Å². The van der Waals surface area contributed by atoms with Gasteiger partial charge in [-0.25, -0.2) is 4.79 Å². The molecule has 2 atom stereocenters. The van der Waals surface area contributed by atoms with Gasteiger partial charge >= 0.3 is 11.9 Å². The number of aliphatic carboxylic acids is 2. The van der Waals surface area contributed by atoms with Gasteiger partial charge in [-0.05, 0) is 0 Å². The Morgan fingerprint density at radius 3 is 2.33 bits per heavy atom. The van der Waals surface area contributed by atoms with Gasteiger partial charge in [-0.1, -0.05) is 0 Å². The van der Waals surface area contributed by atoms with Crippen molar-refractivity contribution in [1.29, 1.82) is 0 Å².